The molecule has 0 radical (unpaired) electrons. The Morgan fingerprint density at radius 2 is 1.91 bits per heavy atom. The van der Waals surface area contributed by atoms with E-state index in [-0.39, 0.29) is 21.4 Å². The first-order chi connectivity index (χ1) is 10.9. The van der Waals surface area contributed by atoms with E-state index in [1.807, 2.05) is 0 Å². The molecule has 0 aromatic heterocycles. The van der Waals surface area contributed by atoms with E-state index in [1.165, 1.54) is 42.5 Å². The second-order valence-corrected chi connectivity index (χ2v) is 6.53. The van der Waals surface area contributed by atoms with Gasteiger partial charge in [0.1, 0.15) is 16.4 Å². The van der Waals surface area contributed by atoms with Gasteiger partial charge in [-0.3, -0.25) is 19.1 Å². The number of nitrogens with zero attached hydrogens (tertiary/aromatic N) is 1. The Morgan fingerprint density at radius 3 is 2.57 bits per heavy atom. The second kappa shape index (κ2) is 7.54. The summed E-state index contributed by atoms with van der Waals surface area (Å²) in [5.41, 5.74) is -0.317. The van der Waals surface area contributed by atoms with Gasteiger partial charge in [0.25, 0.3) is 5.69 Å². The van der Waals surface area contributed by atoms with Crippen molar-refractivity contribution >= 4 is 45.7 Å². The number of ether oxygens (including phenoxy) is 1. The van der Waals surface area contributed by atoms with Crippen LogP contribution in [0.3, 0.4) is 0 Å². The van der Waals surface area contributed by atoms with Crippen molar-refractivity contribution in [3.63, 3.8) is 0 Å². The van der Waals surface area contributed by atoms with Gasteiger partial charge >= 0.3 is 5.97 Å². The van der Waals surface area contributed by atoms with Gasteiger partial charge in [-0.05, 0) is 24.3 Å². The predicted octanol–water partition coefficient (Wildman–Crippen LogP) is 3.61. The van der Waals surface area contributed by atoms with E-state index in [1.54, 1.807) is 0 Å². The first kappa shape index (κ1) is 17.4. The first-order valence-electron chi connectivity index (χ1n) is 6.16. The molecule has 0 fully saturated rings. The van der Waals surface area contributed by atoms with Crippen LogP contribution in [0.2, 0.25) is 10.0 Å². The van der Waals surface area contributed by atoms with Crippen LogP contribution in [0.5, 0.6) is 5.75 Å². The Labute approximate surface area is 143 Å². The Hall–Kier alpha value is -1.96. The third kappa shape index (κ3) is 4.51. The molecule has 23 heavy (non-hydrogen) atoms. The smallest absolute Gasteiger partial charge is 0.324 e. The zero-order chi connectivity index (χ0) is 17.0. The molecular weight excluding hydrogens is 365 g/mol. The maximum atomic E-state index is 12.2. The van der Waals surface area contributed by atoms with Crippen molar-refractivity contribution in [3.05, 3.63) is 62.6 Å². The Balaban J connectivity index is 2.11. The Morgan fingerprint density at radius 1 is 1.22 bits per heavy atom. The number of carbonyl (C=O) groups is 1. The minimum Gasteiger partial charge on any atom is -0.424 e. The molecule has 9 heteroatoms. The third-order valence-electron chi connectivity index (χ3n) is 2.67. The van der Waals surface area contributed by atoms with Crippen molar-refractivity contribution in [3.8, 4) is 5.75 Å². The van der Waals surface area contributed by atoms with Crippen molar-refractivity contribution in [2.45, 2.75) is 4.90 Å². The van der Waals surface area contributed by atoms with Gasteiger partial charge in [0.05, 0.1) is 20.7 Å². The molecule has 0 heterocycles. The quantitative estimate of drug-likeness (QED) is 0.345. The van der Waals surface area contributed by atoms with E-state index >= 15 is 0 Å². The van der Waals surface area contributed by atoms with Crippen molar-refractivity contribution in [2.24, 2.45) is 0 Å². The number of esters is 1. The van der Waals surface area contributed by atoms with Crippen LogP contribution in [0.25, 0.3) is 0 Å². The summed E-state index contributed by atoms with van der Waals surface area (Å²) in [5.74, 6) is -1.30. The van der Waals surface area contributed by atoms with Crippen molar-refractivity contribution in [2.75, 3.05) is 5.75 Å². The fourth-order valence-corrected chi connectivity index (χ4v) is 3.18. The van der Waals surface area contributed by atoms with Gasteiger partial charge in [-0.25, -0.2) is 0 Å². The van der Waals surface area contributed by atoms with Crippen LogP contribution in [0.1, 0.15) is 0 Å². The fraction of sp³-hybridized carbons (Fsp3) is 0.0714. The summed E-state index contributed by atoms with van der Waals surface area (Å²) < 4.78 is 17.2. The molecule has 0 saturated carbocycles. The minimum absolute atomic E-state index is 0.0448. The third-order valence-corrected chi connectivity index (χ3v) is 4.54. The van der Waals surface area contributed by atoms with Crippen LogP contribution in [0.4, 0.5) is 5.69 Å². The molecule has 0 saturated heterocycles. The lowest BCUT2D eigenvalue weighted by atomic mass is 10.3. The largest absolute Gasteiger partial charge is 0.424 e. The topological polar surface area (TPSA) is 86.5 Å². The summed E-state index contributed by atoms with van der Waals surface area (Å²) in [5, 5.41) is 11.4. The number of hydrogen-bond donors (Lipinski definition) is 0. The molecule has 0 amide bonds. The Bertz CT molecular complexity index is 796. The van der Waals surface area contributed by atoms with Gasteiger partial charge in [0.15, 0.2) is 0 Å². The summed E-state index contributed by atoms with van der Waals surface area (Å²) in [6.07, 6.45) is 0. The molecule has 2 aromatic carbocycles. The Kier molecular flexibility index (Phi) is 5.70. The molecule has 2 aromatic rings. The van der Waals surface area contributed by atoms with Gasteiger partial charge in [0.2, 0.25) is 0 Å². The molecule has 0 aliphatic carbocycles. The lowest BCUT2D eigenvalue weighted by Crippen LogP contribution is -2.17. The SMILES string of the molecule is O=C(C[S@](=O)c1ccccc1[N+](=O)[O-])Oc1ccc(Cl)cc1Cl. The van der Waals surface area contributed by atoms with E-state index in [2.05, 4.69) is 0 Å². The van der Waals surface area contributed by atoms with E-state index in [0.717, 1.165) is 0 Å². The lowest BCUT2D eigenvalue weighted by molar-refractivity contribution is -0.387. The van der Waals surface area contributed by atoms with Gasteiger partial charge in [-0.15, -0.1) is 0 Å². The van der Waals surface area contributed by atoms with E-state index in [9.17, 15) is 19.1 Å². The van der Waals surface area contributed by atoms with Gasteiger partial charge in [0, 0.05) is 11.1 Å². The summed E-state index contributed by atoms with van der Waals surface area (Å²) in [6.45, 7) is 0. The molecule has 0 bridgehead atoms. The number of para-hydroxylation sites is 1. The zero-order valence-corrected chi connectivity index (χ0v) is 13.7. The van der Waals surface area contributed by atoms with E-state index < -0.39 is 27.4 Å². The second-order valence-electron chi connectivity index (χ2n) is 4.26. The number of hydrogen-bond acceptors (Lipinski definition) is 5. The molecule has 6 nitrogen and oxygen atoms in total. The van der Waals surface area contributed by atoms with E-state index in [0.29, 0.717) is 5.02 Å². The number of nitro benzene ring substituents is 1. The van der Waals surface area contributed by atoms with Gasteiger partial charge in [-0.2, -0.15) is 0 Å². The summed E-state index contributed by atoms with van der Waals surface area (Å²) in [6, 6.07) is 9.77. The van der Waals surface area contributed by atoms with Crippen molar-refractivity contribution < 1.29 is 18.7 Å². The molecule has 0 N–H and O–H groups in total. The first-order valence-corrected chi connectivity index (χ1v) is 8.23. The van der Waals surface area contributed by atoms with E-state index in [4.69, 9.17) is 27.9 Å². The normalized spacial score (nSPS) is 11.7. The number of rotatable bonds is 5. The molecule has 0 aliphatic rings. The van der Waals surface area contributed by atoms with Crippen LogP contribution in [-0.4, -0.2) is 20.9 Å². The number of halogens is 2. The lowest BCUT2D eigenvalue weighted by Gasteiger charge is -2.07. The summed E-state index contributed by atoms with van der Waals surface area (Å²) >= 11 is 11.6. The molecular formula is C14H9Cl2NO5S. The predicted molar refractivity (Wildman–Crippen MR) is 86.5 cm³/mol. The van der Waals surface area contributed by atoms with Crippen LogP contribution >= 0.6 is 23.2 Å². The average Bonchev–Trinajstić information content (AvgIpc) is 2.50. The molecule has 0 unspecified atom stereocenters. The maximum absolute atomic E-state index is 12.2. The molecule has 2 rings (SSSR count). The molecule has 1 atom stereocenters. The van der Waals surface area contributed by atoms with Crippen molar-refractivity contribution in [1.82, 2.24) is 0 Å². The van der Waals surface area contributed by atoms with Crippen LogP contribution in [0.15, 0.2) is 47.4 Å². The maximum Gasteiger partial charge on any atom is 0.324 e. The van der Waals surface area contributed by atoms with Crippen molar-refractivity contribution in [1.29, 1.82) is 0 Å². The highest BCUT2D eigenvalue weighted by molar-refractivity contribution is 7.85. The highest BCUT2D eigenvalue weighted by atomic mass is 35.5. The summed E-state index contributed by atoms with van der Waals surface area (Å²) in [7, 11) is -1.92. The van der Waals surface area contributed by atoms with Crippen LogP contribution in [0, 0.1) is 10.1 Å². The van der Waals surface area contributed by atoms with Gasteiger partial charge in [-0.1, -0.05) is 35.3 Å². The fourth-order valence-electron chi connectivity index (χ4n) is 1.70. The standard InChI is InChI=1S/C14H9Cl2NO5S/c15-9-5-6-12(10(16)7-9)22-14(18)8-23(21)13-4-2-1-3-11(13)17(19)20/h1-7H,8H2/t23-/m0/s1. The summed E-state index contributed by atoms with van der Waals surface area (Å²) in [4.78, 5) is 22.0. The highest BCUT2D eigenvalue weighted by Crippen LogP contribution is 2.28. The van der Waals surface area contributed by atoms with Gasteiger partial charge < -0.3 is 4.74 Å². The average molecular weight is 374 g/mol. The van der Waals surface area contributed by atoms with Crippen LogP contribution in [-0.2, 0) is 15.6 Å². The van der Waals surface area contributed by atoms with Crippen LogP contribution < -0.4 is 4.74 Å². The number of benzene rings is 2. The zero-order valence-electron chi connectivity index (χ0n) is 11.4. The molecule has 120 valence electrons. The number of carbonyl (C=O) groups excluding carboxylic acids is 1. The molecule has 0 spiro atoms. The number of nitro groups is 1. The monoisotopic (exact) mass is 373 g/mol. The highest BCUT2D eigenvalue weighted by Gasteiger charge is 2.21. The minimum atomic E-state index is -1.92. The molecule has 0 aliphatic heterocycles.